The minimum Gasteiger partial charge on any atom is -0.310 e. The van der Waals surface area contributed by atoms with Crippen LogP contribution in [0.2, 0.25) is 0 Å². The summed E-state index contributed by atoms with van der Waals surface area (Å²) < 4.78 is 27.3. The Morgan fingerprint density at radius 3 is 2.65 bits per heavy atom. The molecule has 1 aliphatic rings. The van der Waals surface area contributed by atoms with E-state index in [-0.39, 0.29) is 5.03 Å². The van der Waals surface area contributed by atoms with Crippen molar-refractivity contribution in [2.45, 2.75) is 51.7 Å². The van der Waals surface area contributed by atoms with E-state index in [9.17, 15) is 8.42 Å². The molecule has 0 aromatic carbocycles. The molecule has 1 aliphatic carbocycles. The summed E-state index contributed by atoms with van der Waals surface area (Å²) in [4.78, 5) is 0. The van der Waals surface area contributed by atoms with Crippen molar-refractivity contribution in [3.63, 3.8) is 0 Å². The number of rotatable bonds is 7. The minimum atomic E-state index is -3.53. The highest BCUT2D eigenvalue weighted by Crippen LogP contribution is 2.37. The Hall–Kier alpha value is -0.920. The van der Waals surface area contributed by atoms with Gasteiger partial charge in [0.1, 0.15) is 0 Å². The molecule has 0 bridgehead atoms. The Balaban J connectivity index is 2.09. The van der Waals surface area contributed by atoms with Gasteiger partial charge in [0.05, 0.1) is 0 Å². The molecular formula is C13H24N4O2S. The van der Waals surface area contributed by atoms with Crippen molar-refractivity contribution in [2.24, 2.45) is 11.8 Å². The van der Waals surface area contributed by atoms with Gasteiger partial charge in [0.2, 0.25) is 0 Å². The molecule has 3 N–H and O–H groups in total. The molecular weight excluding hydrogens is 276 g/mol. The highest BCUT2D eigenvalue weighted by atomic mass is 32.2. The zero-order valence-electron chi connectivity index (χ0n) is 12.5. The molecule has 2 rings (SSSR count). The lowest BCUT2D eigenvalue weighted by atomic mass is 10.2. The molecule has 6 nitrogen and oxygen atoms in total. The summed E-state index contributed by atoms with van der Waals surface area (Å²) >= 11 is 0. The number of H-pyrrole nitrogens is 1. The quantitative estimate of drug-likeness (QED) is 0.705. The molecule has 0 aliphatic heterocycles. The lowest BCUT2D eigenvalue weighted by molar-refractivity contribution is 0.560. The SMILES string of the molecule is Cc1[nH]nc(S(=O)(=O)NCC2CC2C)c1CNC(C)C. The molecule has 1 saturated carbocycles. The van der Waals surface area contributed by atoms with Crippen LogP contribution in [0.4, 0.5) is 0 Å². The van der Waals surface area contributed by atoms with Crippen molar-refractivity contribution in [3.05, 3.63) is 11.3 Å². The molecule has 0 spiro atoms. The third-order valence-electron chi connectivity index (χ3n) is 3.79. The molecule has 1 aromatic heterocycles. The smallest absolute Gasteiger partial charge is 0.260 e. The van der Waals surface area contributed by atoms with Crippen molar-refractivity contribution < 1.29 is 8.42 Å². The lowest BCUT2D eigenvalue weighted by Gasteiger charge is -2.10. The number of nitrogens with zero attached hydrogens (tertiary/aromatic N) is 1. The second-order valence-corrected chi connectivity index (χ2v) is 7.68. The summed E-state index contributed by atoms with van der Waals surface area (Å²) in [6.07, 6.45) is 1.10. The van der Waals surface area contributed by atoms with Crippen LogP contribution in [0, 0.1) is 18.8 Å². The maximum absolute atomic E-state index is 12.3. The highest BCUT2D eigenvalue weighted by molar-refractivity contribution is 7.89. The highest BCUT2D eigenvalue weighted by Gasteiger charge is 2.34. The molecule has 2 unspecified atom stereocenters. The van der Waals surface area contributed by atoms with E-state index in [0.29, 0.717) is 31.0 Å². The molecule has 7 heteroatoms. The van der Waals surface area contributed by atoms with E-state index in [1.54, 1.807) is 0 Å². The van der Waals surface area contributed by atoms with E-state index in [0.717, 1.165) is 17.7 Å². The Labute approximate surface area is 120 Å². The van der Waals surface area contributed by atoms with E-state index in [1.807, 2.05) is 20.8 Å². The predicted molar refractivity (Wildman–Crippen MR) is 77.8 cm³/mol. The zero-order valence-corrected chi connectivity index (χ0v) is 13.3. The van der Waals surface area contributed by atoms with Gasteiger partial charge in [0, 0.05) is 30.4 Å². The lowest BCUT2D eigenvalue weighted by Crippen LogP contribution is -2.29. The predicted octanol–water partition coefficient (Wildman–Crippen LogP) is 1.15. The Kier molecular flexibility index (Phi) is 4.51. The van der Waals surface area contributed by atoms with Crippen molar-refractivity contribution >= 4 is 10.0 Å². The van der Waals surface area contributed by atoms with Gasteiger partial charge in [-0.25, -0.2) is 13.1 Å². The van der Waals surface area contributed by atoms with Crippen LogP contribution in [0.3, 0.4) is 0 Å². The van der Waals surface area contributed by atoms with Gasteiger partial charge in [0.15, 0.2) is 5.03 Å². The maximum Gasteiger partial charge on any atom is 0.260 e. The van der Waals surface area contributed by atoms with Gasteiger partial charge in [-0.15, -0.1) is 0 Å². The molecule has 0 saturated heterocycles. The average molecular weight is 300 g/mol. The Morgan fingerprint density at radius 1 is 1.45 bits per heavy atom. The van der Waals surface area contributed by atoms with E-state index in [4.69, 9.17) is 0 Å². The van der Waals surface area contributed by atoms with Crippen LogP contribution in [0.25, 0.3) is 0 Å². The fourth-order valence-corrected chi connectivity index (χ4v) is 3.42. The summed E-state index contributed by atoms with van der Waals surface area (Å²) in [6, 6.07) is 0.292. The monoisotopic (exact) mass is 300 g/mol. The van der Waals surface area contributed by atoms with E-state index in [2.05, 4.69) is 27.2 Å². The molecule has 0 amide bonds. The first-order valence-electron chi connectivity index (χ1n) is 7.08. The summed E-state index contributed by atoms with van der Waals surface area (Å²) in [5, 5.41) is 10.1. The summed E-state index contributed by atoms with van der Waals surface area (Å²) in [5.74, 6) is 1.10. The Bertz CT molecular complexity index is 565. The number of aryl methyl sites for hydroxylation is 1. The van der Waals surface area contributed by atoms with E-state index in [1.165, 1.54) is 0 Å². The van der Waals surface area contributed by atoms with Crippen LogP contribution in [0.15, 0.2) is 5.03 Å². The fraction of sp³-hybridized carbons (Fsp3) is 0.769. The van der Waals surface area contributed by atoms with Gasteiger partial charge in [-0.2, -0.15) is 5.10 Å². The van der Waals surface area contributed by atoms with Gasteiger partial charge >= 0.3 is 0 Å². The van der Waals surface area contributed by atoms with Crippen LogP contribution in [0.5, 0.6) is 0 Å². The maximum atomic E-state index is 12.3. The molecule has 20 heavy (non-hydrogen) atoms. The van der Waals surface area contributed by atoms with Crippen molar-refractivity contribution in [3.8, 4) is 0 Å². The number of aromatic nitrogens is 2. The van der Waals surface area contributed by atoms with Gasteiger partial charge in [-0.05, 0) is 25.2 Å². The van der Waals surface area contributed by atoms with Crippen LogP contribution in [-0.2, 0) is 16.6 Å². The first-order valence-corrected chi connectivity index (χ1v) is 8.56. The standard InChI is InChI=1S/C13H24N4O2S/c1-8(2)14-7-12-10(4)16-17-13(12)20(18,19)15-6-11-5-9(11)3/h8-9,11,14-15H,5-7H2,1-4H3,(H,16,17). The second-order valence-electron chi connectivity index (χ2n) is 5.99. The number of aromatic amines is 1. The van der Waals surface area contributed by atoms with E-state index >= 15 is 0 Å². The topological polar surface area (TPSA) is 86.9 Å². The van der Waals surface area contributed by atoms with Gasteiger partial charge in [-0.1, -0.05) is 20.8 Å². The van der Waals surface area contributed by atoms with Gasteiger partial charge in [-0.3, -0.25) is 5.10 Å². The van der Waals surface area contributed by atoms with E-state index < -0.39 is 10.0 Å². The second kappa shape index (κ2) is 5.83. The van der Waals surface area contributed by atoms with Crippen LogP contribution in [-0.4, -0.2) is 31.2 Å². The van der Waals surface area contributed by atoms with Crippen LogP contribution >= 0.6 is 0 Å². The molecule has 1 heterocycles. The summed E-state index contributed by atoms with van der Waals surface area (Å²) in [5.41, 5.74) is 1.51. The molecule has 1 aromatic rings. The number of sulfonamides is 1. The van der Waals surface area contributed by atoms with Gasteiger partial charge < -0.3 is 5.32 Å². The van der Waals surface area contributed by atoms with Crippen LogP contribution < -0.4 is 10.0 Å². The largest absolute Gasteiger partial charge is 0.310 e. The number of hydrogen-bond acceptors (Lipinski definition) is 4. The Morgan fingerprint density at radius 2 is 2.10 bits per heavy atom. The third-order valence-corrected chi connectivity index (χ3v) is 5.18. The average Bonchev–Trinajstić information content (AvgIpc) is 2.92. The number of nitrogens with one attached hydrogen (secondary N) is 3. The molecule has 1 fully saturated rings. The zero-order chi connectivity index (χ0) is 14.9. The van der Waals surface area contributed by atoms with Gasteiger partial charge in [0.25, 0.3) is 10.0 Å². The van der Waals surface area contributed by atoms with Crippen molar-refractivity contribution in [1.29, 1.82) is 0 Å². The van der Waals surface area contributed by atoms with Crippen LogP contribution in [0.1, 0.15) is 38.4 Å². The number of hydrogen-bond donors (Lipinski definition) is 3. The summed E-state index contributed by atoms with van der Waals surface area (Å²) in [6.45, 7) is 9.02. The minimum absolute atomic E-state index is 0.122. The first kappa shape index (κ1) is 15.5. The molecule has 0 radical (unpaired) electrons. The van der Waals surface area contributed by atoms with Crippen molar-refractivity contribution in [2.75, 3.05) is 6.54 Å². The summed E-state index contributed by atoms with van der Waals surface area (Å²) in [7, 11) is -3.53. The first-order chi connectivity index (χ1) is 9.31. The molecule has 2 atom stereocenters. The molecule has 114 valence electrons. The fourth-order valence-electron chi connectivity index (χ4n) is 2.14. The van der Waals surface area contributed by atoms with Crippen molar-refractivity contribution in [1.82, 2.24) is 20.2 Å². The normalized spacial score (nSPS) is 22.4. The third kappa shape index (κ3) is 3.59.